The van der Waals surface area contributed by atoms with Gasteiger partial charge in [0.15, 0.2) is 0 Å². The molecule has 3 heteroatoms. The van der Waals surface area contributed by atoms with Gasteiger partial charge in [-0.15, -0.1) is 0 Å². The van der Waals surface area contributed by atoms with Gasteiger partial charge in [0, 0.05) is 11.0 Å². The molecule has 0 atom stereocenters. The van der Waals surface area contributed by atoms with Crippen LogP contribution in [0.5, 0.6) is 0 Å². The van der Waals surface area contributed by atoms with Crippen LogP contribution in [0.25, 0.3) is 0 Å². The second-order valence-corrected chi connectivity index (χ2v) is 5.38. The Morgan fingerprint density at radius 2 is 2.00 bits per heavy atom. The summed E-state index contributed by atoms with van der Waals surface area (Å²) in [5.74, 6) is 0.840. The molecule has 84 valence electrons. The molecule has 2 nitrogen and oxygen atoms in total. The van der Waals surface area contributed by atoms with E-state index in [4.69, 9.17) is 9.47 Å². The maximum Gasteiger partial charge on any atom is 0.0716 e. The zero-order valence-electron chi connectivity index (χ0n) is 9.22. The minimum atomic E-state index is 0.000387. The Hall–Kier alpha value is 0.650. The quantitative estimate of drug-likeness (QED) is 0.409. The van der Waals surface area contributed by atoms with E-state index in [-0.39, 0.29) is 5.60 Å². The summed E-state index contributed by atoms with van der Waals surface area (Å²) >= 11 is 2.35. The number of halogens is 1. The molecule has 0 aromatic carbocycles. The third kappa shape index (κ3) is 4.94. The van der Waals surface area contributed by atoms with E-state index in [0.29, 0.717) is 0 Å². The van der Waals surface area contributed by atoms with Gasteiger partial charge in [-0.2, -0.15) is 0 Å². The molecule has 1 aliphatic carbocycles. The van der Waals surface area contributed by atoms with Crippen LogP contribution in [-0.2, 0) is 9.47 Å². The van der Waals surface area contributed by atoms with Crippen LogP contribution < -0.4 is 0 Å². The van der Waals surface area contributed by atoms with Crippen molar-refractivity contribution in [3.63, 3.8) is 0 Å². The standard InChI is InChI=1S/C11H21IO2/c1-11(2,9-12)14-7-6-13-8-10-4-3-5-10/h10H,3-9H2,1-2H3. The van der Waals surface area contributed by atoms with E-state index in [9.17, 15) is 0 Å². The van der Waals surface area contributed by atoms with Crippen LogP contribution >= 0.6 is 22.6 Å². The first-order valence-corrected chi connectivity index (χ1v) is 6.94. The van der Waals surface area contributed by atoms with Crippen LogP contribution in [0.15, 0.2) is 0 Å². The third-order valence-electron chi connectivity index (χ3n) is 2.62. The minimum absolute atomic E-state index is 0.000387. The third-order valence-corrected chi connectivity index (χ3v) is 4.46. The van der Waals surface area contributed by atoms with Gasteiger partial charge in [0.25, 0.3) is 0 Å². The first kappa shape index (κ1) is 12.7. The average Bonchev–Trinajstić information content (AvgIpc) is 2.08. The maximum absolute atomic E-state index is 5.68. The molecule has 0 saturated heterocycles. The zero-order chi connectivity index (χ0) is 10.4. The monoisotopic (exact) mass is 312 g/mol. The number of rotatable bonds is 7. The molecule has 0 unspecified atom stereocenters. The summed E-state index contributed by atoms with van der Waals surface area (Å²) in [5.41, 5.74) is 0.000387. The van der Waals surface area contributed by atoms with Crippen molar-refractivity contribution in [1.82, 2.24) is 0 Å². The van der Waals surface area contributed by atoms with E-state index < -0.39 is 0 Å². The van der Waals surface area contributed by atoms with E-state index in [1.54, 1.807) is 0 Å². The second-order valence-electron chi connectivity index (χ2n) is 4.61. The Morgan fingerprint density at radius 1 is 1.29 bits per heavy atom. The molecule has 0 aromatic rings. The highest BCUT2D eigenvalue weighted by molar-refractivity contribution is 14.1. The number of ether oxygens (including phenoxy) is 2. The molecular weight excluding hydrogens is 291 g/mol. The SMILES string of the molecule is CC(C)(CI)OCCOCC1CCC1. The smallest absolute Gasteiger partial charge is 0.0716 e. The lowest BCUT2D eigenvalue weighted by Crippen LogP contribution is -2.28. The summed E-state index contributed by atoms with van der Waals surface area (Å²) < 4.78 is 12.3. The minimum Gasteiger partial charge on any atom is -0.379 e. The molecule has 0 spiro atoms. The molecule has 14 heavy (non-hydrogen) atoms. The average molecular weight is 312 g/mol. The lowest BCUT2D eigenvalue weighted by Gasteiger charge is -2.26. The molecule has 0 aromatic heterocycles. The van der Waals surface area contributed by atoms with Crippen molar-refractivity contribution >= 4 is 22.6 Å². The molecule has 0 N–H and O–H groups in total. The van der Waals surface area contributed by atoms with Crippen LogP contribution in [0.4, 0.5) is 0 Å². The van der Waals surface area contributed by atoms with Gasteiger partial charge < -0.3 is 9.47 Å². The fraction of sp³-hybridized carbons (Fsp3) is 1.00. The molecule has 1 aliphatic rings. The van der Waals surface area contributed by atoms with Gasteiger partial charge in [-0.25, -0.2) is 0 Å². The van der Waals surface area contributed by atoms with Gasteiger partial charge in [-0.3, -0.25) is 0 Å². The van der Waals surface area contributed by atoms with Crippen LogP contribution in [0.1, 0.15) is 33.1 Å². The predicted octanol–water partition coefficient (Wildman–Crippen LogP) is 3.03. The predicted molar refractivity (Wildman–Crippen MR) is 67.1 cm³/mol. The van der Waals surface area contributed by atoms with Gasteiger partial charge in [0.2, 0.25) is 0 Å². The van der Waals surface area contributed by atoms with Gasteiger partial charge in [0.1, 0.15) is 0 Å². The van der Waals surface area contributed by atoms with Crippen LogP contribution in [0, 0.1) is 5.92 Å². The fourth-order valence-corrected chi connectivity index (χ4v) is 1.55. The van der Waals surface area contributed by atoms with Crippen molar-refractivity contribution in [3.05, 3.63) is 0 Å². The van der Waals surface area contributed by atoms with Gasteiger partial charge in [-0.05, 0) is 32.6 Å². The number of hydrogen-bond donors (Lipinski definition) is 0. The van der Waals surface area contributed by atoms with Crippen LogP contribution in [0.2, 0.25) is 0 Å². The maximum atomic E-state index is 5.68. The van der Waals surface area contributed by atoms with Crippen molar-refractivity contribution in [2.75, 3.05) is 24.2 Å². The highest BCUT2D eigenvalue weighted by atomic mass is 127. The first-order valence-electron chi connectivity index (χ1n) is 5.42. The van der Waals surface area contributed by atoms with Gasteiger partial charge in [-0.1, -0.05) is 29.0 Å². The van der Waals surface area contributed by atoms with E-state index in [2.05, 4.69) is 36.4 Å². The first-order chi connectivity index (χ1) is 6.64. The topological polar surface area (TPSA) is 18.5 Å². The van der Waals surface area contributed by atoms with Gasteiger partial charge >= 0.3 is 0 Å². The molecule has 0 radical (unpaired) electrons. The van der Waals surface area contributed by atoms with Crippen LogP contribution in [-0.4, -0.2) is 29.8 Å². The number of alkyl halides is 1. The zero-order valence-corrected chi connectivity index (χ0v) is 11.4. The molecule has 0 heterocycles. The summed E-state index contributed by atoms with van der Waals surface area (Å²) in [7, 11) is 0. The lowest BCUT2D eigenvalue weighted by atomic mass is 9.86. The van der Waals surface area contributed by atoms with E-state index in [1.807, 2.05) is 0 Å². The highest BCUT2D eigenvalue weighted by Crippen LogP contribution is 2.26. The Labute approximate surface area is 101 Å². The summed E-state index contributed by atoms with van der Waals surface area (Å²) in [4.78, 5) is 0. The summed E-state index contributed by atoms with van der Waals surface area (Å²) in [6.07, 6.45) is 4.12. The molecule has 0 aliphatic heterocycles. The van der Waals surface area contributed by atoms with Crippen molar-refractivity contribution in [2.24, 2.45) is 5.92 Å². The fourth-order valence-electron chi connectivity index (χ4n) is 1.32. The lowest BCUT2D eigenvalue weighted by molar-refractivity contribution is -0.0391. The summed E-state index contributed by atoms with van der Waals surface area (Å²) in [6.45, 7) is 6.64. The van der Waals surface area contributed by atoms with E-state index in [1.165, 1.54) is 19.3 Å². The van der Waals surface area contributed by atoms with Crippen molar-refractivity contribution < 1.29 is 9.47 Å². The van der Waals surface area contributed by atoms with E-state index in [0.717, 1.165) is 30.2 Å². The Morgan fingerprint density at radius 3 is 2.50 bits per heavy atom. The Balaban J connectivity index is 1.88. The van der Waals surface area contributed by atoms with Gasteiger partial charge in [0.05, 0.1) is 18.8 Å². The normalized spacial score (nSPS) is 18.2. The summed E-state index contributed by atoms with van der Waals surface area (Å²) in [6, 6.07) is 0. The Bertz CT molecular complexity index is 155. The molecule has 1 saturated carbocycles. The van der Waals surface area contributed by atoms with Crippen LogP contribution in [0.3, 0.4) is 0 Å². The number of hydrogen-bond acceptors (Lipinski definition) is 2. The van der Waals surface area contributed by atoms with Crippen molar-refractivity contribution in [1.29, 1.82) is 0 Å². The molecule has 1 fully saturated rings. The van der Waals surface area contributed by atoms with E-state index >= 15 is 0 Å². The van der Waals surface area contributed by atoms with Crippen molar-refractivity contribution in [2.45, 2.75) is 38.7 Å². The molecule has 0 amide bonds. The largest absolute Gasteiger partial charge is 0.379 e. The molecule has 0 bridgehead atoms. The Kier molecular flexibility index (Phi) is 5.71. The molecular formula is C11H21IO2. The summed E-state index contributed by atoms with van der Waals surface area (Å²) in [5, 5.41) is 0. The highest BCUT2D eigenvalue weighted by Gasteiger charge is 2.18. The molecule has 1 rings (SSSR count). The van der Waals surface area contributed by atoms with Crippen molar-refractivity contribution in [3.8, 4) is 0 Å². The second kappa shape index (κ2) is 6.28.